The van der Waals surface area contributed by atoms with Crippen molar-refractivity contribution in [3.8, 4) is 11.3 Å². The van der Waals surface area contributed by atoms with Gasteiger partial charge in [-0.05, 0) is 26.0 Å². The zero-order valence-electron chi connectivity index (χ0n) is 8.95. The number of aromatic nitrogens is 1. The molecule has 1 aromatic heterocycles. The molecule has 0 aliphatic carbocycles. The molecule has 0 radical (unpaired) electrons. The van der Waals surface area contributed by atoms with Crippen LogP contribution in [-0.4, -0.2) is 10.9 Å². The molecule has 16 heavy (non-hydrogen) atoms. The van der Waals surface area contributed by atoms with Crippen molar-refractivity contribution in [2.24, 2.45) is 0 Å². The molecule has 0 spiro atoms. The van der Waals surface area contributed by atoms with E-state index in [4.69, 9.17) is 4.52 Å². The number of Topliss-reactive ketones (excluding diaryl/α,β-unsaturated/α-hetero) is 1. The van der Waals surface area contributed by atoms with Crippen LogP contribution in [0.1, 0.15) is 23.0 Å². The topological polar surface area (TPSA) is 43.1 Å². The van der Waals surface area contributed by atoms with Gasteiger partial charge in [0.15, 0.2) is 5.78 Å². The number of halogens is 1. The largest absolute Gasteiger partial charge is 0.360 e. The molecule has 0 aliphatic rings. The van der Waals surface area contributed by atoms with Crippen molar-refractivity contribution in [3.63, 3.8) is 0 Å². The number of nitrogens with zero attached hydrogens (tertiary/aromatic N) is 1. The first-order chi connectivity index (χ1) is 7.59. The van der Waals surface area contributed by atoms with E-state index >= 15 is 0 Å². The average molecular weight is 219 g/mol. The molecule has 1 aromatic carbocycles. The predicted octanol–water partition coefficient (Wildman–Crippen LogP) is 2.99. The standard InChI is InChI=1S/C12H10FNO2/c1-7(15)11-8(2)16-14-12(11)9-4-3-5-10(13)6-9/h3-6H,1-2H3. The molecule has 0 N–H and O–H groups in total. The van der Waals surface area contributed by atoms with E-state index in [1.165, 1.54) is 19.1 Å². The minimum atomic E-state index is -0.368. The van der Waals surface area contributed by atoms with Crippen LogP contribution in [-0.2, 0) is 0 Å². The van der Waals surface area contributed by atoms with E-state index in [0.29, 0.717) is 22.6 Å². The van der Waals surface area contributed by atoms with Crippen LogP contribution in [0.25, 0.3) is 11.3 Å². The van der Waals surface area contributed by atoms with Crippen LogP contribution in [0.2, 0.25) is 0 Å². The molecule has 0 fully saturated rings. The number of carbonyl (C=O) groups is 1. The molecule has 0 saturated carbocycles. The van der Waals surface area contributed by atoms with E-state index in [1.54, 1.807) is 19.1 Å². The van der Waals surface area contributed by atoms with E-state index < -0.39 is 0 Å². The van der Waals surface area contributed by atoms with Crippen molar-refractivity contribution < 1.29 is 13.7 Å². The van der Waals surface area contributed by atoms with Crippen LogP contribution in [0.3, 0.4) is 0 Å². The lowest BCUT2D eigenvalue weighted by Crippen LogP contribution is -1.95. The minimum absolute atomic E-state index is 0.141. The third kappa shape index (κ3) is 1.74. The fraction of sp³-hybridized carbons (Fsp3) is 0.167. The van der Waals surface area contributed by atoms with Gasteiger partial charge in [0, 0.05) is 5.56 Å². The molecule has 0 amide bonds. The van der Waals surface area contributed by atoms with Crippen molar-refractivity contribution in [1.82, 2.24) is 5.16 Å². The van der Waals surface area contributed by atoms with Gasteiger partial charge in [0.2, 0.25) is 0 Å². The molecule has 0 bridgehead atoms. The van der Waals surface area contributed by atoms with E-state index in [0.717, 1.165) is 0 Å². The maximum atomic E-state index is 13.0. The summed E-state index contributed by atoms with van der Waals surface area (Å²) in [6, 6.07) is 5.92. The molecule has 3 nitrogen and oxygen atoms in total. The maximum absolute atomic E-state index is 13.0. The van der Waals surface area contributed by atoms with Crippen molar-refractivity contribution in [3.05, 3.63) is 41.4 Å². The number of rotatable bonds is 2. The third-order valence-corrected chi connectivity index (χ3v) is 2.31. The lowest BCUT2D eigenvalue weighted by Gasteiger charge is -1.98. The second-order valence-corrected chi connectivity index (χ2v) is 3.53. The Labute approximate surface area is 91.9 Å². The van der Waals surface area contributed by atoms with Crippen molar-refractivity contribution in [2.45, 2.75) is 13.8 Å². The number of aryl methyl sites for hydroxylation is 1. The minimum Gasteiger partial charge on any atom is -0.360 e. The first kappa shape index (κ1) is 10.5. The molecule has 0 atom stereocenters. The van der Waals surface area contributed by atoms with Crippen LogP contribution in [0.15, 0.2) is 28.8 Å². The van der Waals surface area contributed by atoms with Gasteiger partial charge < -0.3 is 4.52 Å². The lowest BCUT2D eigenvalue weighted by atomic mass is 10.0. The summed E-state index contributed by atoms with van der Waals surface area (Å²) in [6.45, 7) is 3.09. The zero-order valence-corrected chi connectivity index (χ0v) is 8.95. The third-order valence-electron chi connectivity index (χ3n) is 2.31. The quantitative estimate of drug-likeness (QED) is 0.729. The zero-order chi connectivity index (χ0) is 11.7. The Hall–Kier alpha value is -1.97. The van der Waals surface area contributed by atoms with E-state index in [1.807, 2.05) is 0 Å². The predicted molar refractivity (Wildman–Crippen MR) is 56.6 cm³/mol. The van der Waals surface area contributed by atoms with Crippen molar-refractivity contribution in [2.75, 3.05) is 0 Å². The summed E-state index contributed by atoms with van der Waals surface area (Å²) in [5.74, 6) is -0.0579. The number of hydrogen-bond acceptors (Lipinski definition) is 3. The first-order valence-electron chi connectivity index (χ1n) is 4.82. The Bertz CT molecular complexity index is 546. The summed E-state index contributed by atoms with van der Waals surface area (Å²) in [5.41, 5.74) is 1.34. The van der Waals surface area contributed by atoms with Gasteiger partial charge >= 0.3 is 0 Å². The highest BCUT2D eigenvalue weighted by molar-refractivity contribution is 6.00. The fourth-order valence-corrected chi connectivity index (χ4v) is 1.62. The summed E-state index contributed by atoms with van der Waals surface area (Å²) in [7, 11) is 0. The van der Waals surface area contributed by atoms with Gasteiger partial charge in [-0.3, -0.25) is 4.79 Å². The van der Waals surface area contributed by atoms with Crippen LogP contribution in [0.4, 0.5) is 4.39 Å². The maximum Gasteiger partial charge on any atom is 0.165 e. The molecular weight excluding hydrogens is 209 g/mol. The highest BCUT2D eigenvalue weighted by Crippen LogP contribution is 2.25. The summed E-state index contributed by atoms with van der Waals surface area (Å²) in [4.78, 5) is 11.4. The van der Waals surface area contributed by atoms with Gasteiger partial charge in [0.25, 0.3) is 0 Å². The van der Waals surface area contributed by atoms with Gasteiger partial charge in [0.1, 0.15) is 17.3 Å². The summed E-state index contributed by atoms with van der Waals surface area (Å²) in [6.07, 6.45) is 0. The smallest absolute Gasteiger partial charge is 0.165 e. The Balaban J connectivity index is 2.60. The SMILES string of the molecule is CC(=O)c1c(-c2cccc(F)c2)noc1C. The van der Waals surface area contributed by atoms with Gasteiger partial charge in [0.05, 0.1) is 5.56 Å². The second-order valence-electron chi connectivity index (χ2n) is 3.53. The molecule has 0 saturated heterocycles. The van der Waals surface area contributed by atoms with E-state index in [-0.39, 0.29) is 11.6 Å². The van der Waals surface area contributed by atoms with Crippen LogP contribution < -0.4 is 0 Å². The lowest BCUT2D eigenvalue weighted by molar-refractivity contribution is 0.101. The molecule has 0 aliphatic heterocycles. The summed E-state index contributed by atoms with van der Waals surface area (Å²) < 4.78 is 18.0. The Morgan fingerprint density at radius 2 is 2.19 bits per heavy atom. The van der Waals surface area contributed by atoms with Crippen LogP contribution >= 0.6 is 0 Å². The molecule has 2 rings (SSSR count). The first-order valence-corrected chi connectivity index (χ1v) is 4.82. The van der Waals surface area contributed by atoms with Crippen molar-refractivity contribution >= 4 is 5.78 Å². The van der Waals surface area contributed by atoms with Gasteiger partial charge in [-0.1, -0.05) is 17.3 Å². The van der Waals surface area contributed by atoms with Gasteiger partial charge in [-0.15, -0.1) is 0 Å². The number of benzene rings is 1. The summed E-state index contributed by atoms with van der Waals surface area (Å²) >= 11 is 0. The number of hydrogen-bond donors (Lipinski definition) is 0. The van der Waals surface area contributed by atoms with Crippen molar-refractivity contribution in [1.29, 1.82) is 0 Å². The fourth-order valence-electron chi connectivity index (χ4n) is 1.62. The van der Waals surface area contributed by atoms with E-state index in [2.05, 4.69) is 5.16 Å². The Kier molecular flexibility index (Phi) is 2.56. The molecule has 82 valence electrons. The highest BCUT2D eigenvalue weighted by Gasteiger charge is 2.18. The molecule has 0 unspecified atom stereocenters. The summed E-state index contributed by atoms with van der Waals surface area (Å²) in [5, 5.41) is 3.79. The molecule has 1 heterocycles. The van der Waals surface area contributed by atoms with Gasteiger partial charge in [-0.2, -0.15) is 0 Å². The van der Waals surface area contributed by atoms with E-state index in [9.17, 15) is 9.18 Å². The van der Waals surface area contributed by atoms with Gasteiger partial charge in [-0.25, -0.2) is 4.39 Å². The average Bonchev–Trinajstić information content (AvgIpc) is 2.60. The van der Waals surface area contributed by atoms with Crippen LogP contribution in [0, 0.1) is 12.7 Å². The molecular formula is C12H10FNO2. The van der Waals surface area contributed by atoms with Crippen LogP contribution in [0.5, 0.6) is 0 Å². The normalized spacial score (nSPS) is 10.4. The second kappa shape index (κ2) is 3.89. The Morgan fingerprint density at radius 1 is 1.44 bits per heavy atom. The number of carbonyl (C=O) groups excluding carboxylic acids is 1. The highest BCUT2D eigenvalue weighted by atomic mass is 19.1. The molecule has 4 heteroatoms. The Morgan fingerprint density at radius 3 is 2.81 bits per heavy atom. The number of ketones is 1. The molecule has 2 aromatic rings. The monoisotopic (exact) mass is 219 g/mol.